The van der Waals surface area contributed by atoms with Crippen LogP contribution in [-0.4, -0.2) is 19.7 Å². The molecule has 0 radical (unpaired) electrons. The maximum Gasteiger partial charge on any atom is 0.337 e. The van der Waals surface area contributed by atoms with Gasteiger partial charge < -0.3 is 9.47 Å². The Hall–Kier alpha value is -1.25. The van der Waals surface area contributed by atoms with Crippen LogP contribution in [0.3, 0.4) is 0 Å². The van der Waals surface area contributed by atoms with E-state index in [0.717, 1.165) is 12.2 Å². The lowest BCUT2D eigenvalue weighted by atomic mass is 10.2. The molecule has 0 saturated carbocycles. The molecule has 0 aliphatic carbocycles. The summed E-state index contributed by atoms with van der Waals surface area (Å²) in [5, 5.41) is 0. The van der Waals surface area contributed by atoms with Gasteiger partial charge in [-0.25, -0.2) is 4.79 Å². The fraction of sp³-hybridized carbons (Fsp3) is 0.545. The number of rotatable bonds is 5. The largest absolute Gasteiger partial charge is 0.501 e. The first-order chi connectivity index (χ1) is 6.69. The van der Waals surface area contributed by atoms with Crippen molar-refractivity contribution in [2.24, 2.45) is 0 Å². The van der Waals surface area contributed by atoms with E-state index in [1.165, 1.54) is 0 Å². The quantitative estimate of drug-likeness (QED) is 0.294. The smallest absolute Gasteiger partial charge is 0.337 e. The number of esters is 1. The van der Waals surface area contributed by atoms with Gasteiger partial charge in [-0.2, -0.15) is 0 Å². The van der Waals surface area contributed by atoms with Crippen molar-refractivity contribution >= 4 is 5.97 Å². The van der Waals surface area contributed by atoms with Crippen LogP contribution < -0.4 is 0 Å². The highest BCUT2D eigenvalue weighted by Crippen LogP contribution is 2.08. The molecule has 0 bridgehead atoms. The molecule has 0 aliphatic rings. The molecule has 0 fully saturated rings. The Morgan fingerprint density at radius 1 is 1.36 bits per heavy atom. The zero-order valence-electron chi connectivity index (χ0n) is 9.29. The Kier molecular flexibility index (Phi) is 6.54. The minimum atomic E-state index is -0.307. The van der Waals surface area contributed by atoms with Crippen molar-refractivity contribution in [1.29, 1.82) is 0 Å². The van der Waals surface area contributed by atoms with Gasteiger partial charge in [0.05, 0.1) is 25.0 Å². The second-order valence-corrected chi connectivity index (χ2v) is 2.63. The van der Waals surface area contributed by atoms with Crippen molar-refractivity contribution in [2.75, 3.05) is 13.7 Å². The zero-order valence-corrected chi connectivity index (χ0v) is 9.29. The molecule has 3 heteroatoms. The van der Waals surface area contributed by atoms with Crippen LogP contribution in [0.25, 0.3) is 0 Å². The van der Waals surface area contributed by atoms with Gasteiger partial charge in [0.1, 0.15) is 0 Å². The van der Waals surface area contributed by atoms with Gasteiger partial charge in [-0.05, 0) is 19.9 Å². The second kappa shape index (κ2) is 7.18. The minimum absolute atomic E-state index is 0.307. The Morgan fingerprint density at radius 2 is 2.00 bits per heavy atom. The van der Waals surface area contributed by atoms with Crippen LogP contribution in [0.5, 0.6) is 0 Å². The molecule has 0 heterocycles. The molecule has 14 heavy (non-hydrogen) atoms. The van der Waals surface area contributed by atoms with Crippen molar-refractivity contribution in [3.05, 3.63) is 23.5 Å². The first kappa shape index (κ1) is 12.8. The van der Waals surface area contributed by atoms with Crippen LogP contribution in [0.1, 0.15) is 27.2 Å². The van der Waals surface area contributed by atoms with Crippen LogP contribution in [0, 0.1) is 0 Å². The Labute approximate surface area is 85.4 Å². The Morgan fingerprint density at radius 3 is 2.36 bits per heavy atom. The van der Waals surface area contributed by atoms with E-state index >= 15 is 0 Å². The Bertz CT molecular complexity index is 233. The minimum Gasteiger partial charge on any atom is -0.501 e. The lowest BCUT2D eigenvalue weighted by Gasteiger charge is -2.05. The van der Waals surface area contributed by atoms with Gasteiger partial charge in [0.2, 0.25) is 0 Å². The monoisotopic (exact) mass is 198 g/mol. The molecule has 3 nitrogen and oxygen atoms in total. The molecular weight excluding hydrogens is 180 g/mol. The third kappa shape index (κ3) is 4.12. The third-order valence-corrected chi connectivity index (χ3v) is 1.75. The van der Waals surface area contributed by atoms with E-state index in [1.54, 1.807) is 33.1 Å². The Balaban J connectivity index is 4.58. The summed E-state index contributed by atoms with van der Waals surface area (Å²) >= 11 is 0. The SMILES string of the molecule is CC=C(C=C(CC)OC)C(=O)OCC. The molecule has 0 aromatic rings. The van der Waals surface area contributed by atoms with E-state index in [0.29, 0.717) is 12.2 Å². The van der Waals surface area contributed by atoms with Gasteiger partial charge in [-0.1, -0.05) is 13.0 Å². The van der Waals surface area contributed by atoms with Crippen molar-refractivity contribution in [1.82, 2.24) is 0 Å². The highest BCUT2D eigenvalue weighted by atomic mass is 16.5. The van der Waals surface area contributed by atoms with E-state index in [2.05, 4.69) is 0 Å². The predicted molar refractivity (Wildman–Crippen MR) is 55.8 cm³/mol. The fourth-order valence-electron chi connectivity index (χ4n) is 0.953. The lowest BCUT2D eigenvalue weighted by molar-refractivity contribution is -0.138. The molecule has 0 aromatic carbocycles. The summed E-state index contributed by atoms with van der Waals surface area (Å²) in [5.74, 6) is 0.462. The number of allylic oxidation sites excluding steroid dienone is 2. The first-order valence-electron chi connectivity index (χ1n) is 4.77. The van der Waals surface area contributed by atoms with E-state index in [-0.39, 0.29) is 5.97 Å². The lowest BCUT2D eigenvalue weighted by Crippen LogP contribution is -2.06. The van der Waals surface area contributed by atoms with E-state index in [9.17, 15) is 4.79 Å². The molecular formula is C11H18O3. The normalized spacial score (nSPS) is 12.6. The van der Waals surface area contributed by atoms with Crippen molar-refractivity contribution in [3.63, 3.8) is 0 Å². The number of ether oxygens (including phenoxy) is 2. The van der Waals surface area contributed by atoms with Crippen molar-refractivity contribution in [2.45, 2.75) is 27.2 Å². The van der Waals surface area contributed by atoms with Crippen molar-refractivity contribution < 1.29 is 14.3 Å². The zero-order chi connectivity index (χ0) is 11.0. The molecule has 0 atom stereocenters. The average Bonchev–Trinajstić information content (AvgIpc) is 2.20. The number of hydrogen-bond acceptors (Lipinski definition) is 3. The van der Waals surface area contributed by atoms with Crippen molar-refractivity contribution in [3.8, 4) is 0 Å². The maximum atomic E-state index is 11.4. The van der Waals surface area contributed by atoms with E-state index < -0.39 is 0 Å². The molecule has 0 rings (SSSR count). The fourth-order valence-corrected chi connectivity index (χ4v) is 0.953. The summed E-state index contributed by atoms with van der Waals surface area (Å²) in [7, 11) is 1.59. The van der Waals surface area contributed by atoms with Crippen LogP contribution >= 0.6 is 0 Å². The van der Waals surface area contributed by atoms with Crippen LogP contribution in [0.2, 0.25) is 0 Å². The van der Waals surface area contributed by atoms with Crippen LogP contribution in [0.15, 0.2) is 23.5 Å². The number of hydrogen-bond donors (Lipinski definition) is 0. The van der Waals surface area contributed by atoms with Gasteiger partial charge in [0.25, 0.3) is 0 Å². The second-order valence-electron chi connectivity index (χ2n) is 2.63. The molecule has 0 unspecified atom stereocenters. The van der Waals surface area contributed by atoms with Gasteiger partial charge in [0, 0.05) is 6.42 Å². The number of methoxy groups -OCH3 is 1. The average molecular weight is 198 g/mol. The third-order valence-electron chi connectivity index (χ3n) is 1.75. The molecule has 0 aromatic heterocycles. The first-order valence-corrected chi connectivity index (χ1v) is 4.77. The van der Waals surface area contributed by atoms with E-state index in [4.69, 9.17) is 9.47 Å². The standard InChI is InChI=1S/C11H18O3/c1-5-9(11(12)14-7-3)8-10(6-2)13-4/h5,8H,6-7H2,1-4H3. The van der Waals surface area contributed by atoms with Gasteiger partial charge >= 0.3 is 5.97 Å². The van der Waals surface area contributed by atoms with Gasteiger partial charge in [0.15, 0.2) is 0 Å². The summed E-state index contributed by atoms with van der Waals surface area (Å²) in [6.45, 7) is 5.93. The highest BCUT2D eigenvalue weighted by molar-refractivity contribution is 5.91. The summed E-state index contributed by atoms with van der Waals surface area (Å²) in [5.41, 5.74) is 0.533. The number of carbonyl (C=O) groups excluding carboxylic acids is 1. The van der Waals surface area contributed by atoms with Gasteiger partial charge in [-0.3, -0.25) is 0 Å². The topological polar surface area (TPSA) is 35.5 Å². The molecule has 0 spiro atoms. The maximum absolute atomic E-state index is 11.4. The van der Waals surface area contributed by atoms with Crippen LogP contribution in [0.4, 0.5) is 0 Å². The summed E-state index contributed by atoms with van der Waals surface area (Å²) < 4.78 is 9.95. The van der Waals surface area contributed by atoms with Crippen LogP contribution in [-0.2, 0) is 14.3 Å². The summed E-state index contributed by atoms with van der Waals surface area (Å²) in [6.07, 6.45) is 4.18. The molecule has 0 amide bonds. The molecule has 0 saturated heterocycles. The van der Waals surface area contributed by atoms with Gasteiger partial charge in [-0.15, -0.1) is 0 Å². The molecule has 0 aliphatic heterocycles. The number of carbonyl (C=O) groups is 1. The summed E-state index contributed by atoms with van der Waals surface area (Å²) in [4.78, 5) is 11.4. The molecule has 0 N–H and O–H groups in total. The van der Waals surface area contributed by atoms with E-state index in [1.807, 2.05) is 6.92 Å². The molecule has 80 valence electrons. The predicted octanol–water partition coefficient (Wildman–Crippen LogP) is 2.44. The highest BCUT2D eigenvalue weighted by Gasteiger charge is 2.07. The summed E-state index contributed by atoms with van der Waals surface area (Å²) in [6, 6.07) is 0.